The minimum Gasteiger partial charge on any atom is -0.314 e. The fourth-order valence-corrected chi connectivity index (χ4v) is 3.08. The lowest BCUT2D eigenvalue weighted by Crippen LogP contribution is -2.44. The van der Waals surface area contributed by atoms with Crippen LogP contribution in [-0.4, -0.2) is 37.6 Å². The topological polar surface area (TPSA) is 15.3 Å². The lowest BCUT2D eigenvalue weighted by Gasteiger charge is -2.28. The summed E-state index contributed by atoms with van der Waals surface area (Å²) in [5, 5.41) is 3.87. The van der Waals surface area contributed by atoms with Crippen molar-refractivity contribution in [3.63, 3.8) is 0 Å². The van der Waals surface area contributed by atoms with E-state index in [0.717, 1.165) is 44.7 Å². The van der Waals surface area contributed by atoms with Crippen LogP contribution in [-0.2, 0) is 12.1 Å². The molecule has 1 N–H and O–H groups in total. The van der Waals surface area contributed by atoms with E-state index in [-0.39, 0.29) is 0 Å². The molecule has 0 spiro atoms. The highest BCUT2D eigenvalue weighted by Gasteiger charge is 2.25. The van der Waals surface area contributed by atoms with Crippen LogP contribution in [0.5, 0.6) is 0 Å². The Kier molecular flexibility index (Phi) is 4.82. The Balaban J connectivity index is 2.09. The molecule has 0 aliphatic carbocycles. The van der Waals surface area contributed by atoms with Gasteiger partial charge in [-0.15, -0.1) is 0 Å². The van der Waals surface area contributed by atoms with Crippen LogP contribution < -0.4 is 5.32 Å². The molecule has 0 bridgehead atoms. The lowest BCUT2D eigenvalue weighted by molar-refractivity contribution is 0.217. The van der Waals surface area contributed by atoms with E-state index in [4.69, 9.17) is 11.6 Å². The highest BCUT2D eigenvalue weighted by molar-refractivity contribution is 6.31. The summed E-state index contributed by atoms with van der Waals surface area (Å²) < 4.78 is 14.3. The maximum atomic E-state index is 14.3. The van der Waals surface area contributed by atoms with Crippen molar-refractivity contribution >= 4 is 11.6 Å². The lowest BCUT2D eigenvalue weighted by atomic mass is 9.93. The molecule has 1 fully saturated rings. The van der Waals surface area contributed by atoms with Gasteiger partial charge in [-0.25, -0.2) is 4.39 Å². The quantitative estimate of drug-likeness (QED) is 0.914. The van der Waals surface area contributed by atoms with Crippen LogP contribution in [0.1, 0.15) is 25.0 Å². The molecule has 0 amide bonds. The number of rotatable bonds is 4. The van der Waals surface area contributed by atoms with Gasteiger partial charge in [0.05, 0.1) is 0 Å². The molecule has 1 aliphatic rings. The second-order valence-electron chi connectivity index (χ2n) is 5.59. The first-order valence-electron chi connectivity index (χ1n) is 6.88. The van der Waals surface area contributed by atoms with Crippen LogP contribution in [0.3, 0.4) is 0 Å². The number of hydrogen-bond acceptors (Lipinski definition) is 2. The van der Waals surface area contributed by atoms with Gasteiger partial charge in [0, 0.05) is 43.3 Å². The molecule has 1 heterocycles. The number of piperazine rings is 1. The van der Waals surface area contributed by atoms with Gasteiger partial charge in [-0.2, -0.15) is 0 Å². The number of nitrogens with zero attached hydrogens (tertiary/aromatic N) is 1. The predicted octanol–water partition coefficient (Wildman–Crippen LogP) is 2.99. The van der Waals surface area contributed by atoms with Gasteiger partial charge >= 0.3 is 0 Å². The van der Waals surface area contributed by atoms with E-state index in [9.17, 15) is 4.39 Å². The summed E-state index contributed by atoms with van der Waals surface area (Å²) in [6.07, 6.45) is 0.850. The van der Waals surface area contributed by atoms with E-state index in [1.807, 2.05) is 12.1 Å². The van der Waals surface area contributed by atoms with Crippen molar-refractivity contribution < 1.29 is 4.39 Å². The highest BCUT2D eigenvalue weighted by Crippen LogP contribution is 2.34. The van der Waals surface area contributed by atoms with Gasteiger partial charge in [0.15, 0.2) is 0 Å². The predicted molar refractivity (Wildman–Crippen MR) is 78.6 cm³/mol. The van der Waals surface area contributed by atoms with Crippen LogP contribution in [0.2, 0.25) is 5.02 Å². The molecule has 0 saturated carbocycles. The van der Waals surface area contributed by atoms with E-state index in [1.165, 1.54) is 0 Å². The molecule has 0 atom stereocenters. The first-order valence-corrected chi connectivity index (χ1v) is 7.26. The monoisotopic (exact) mass is 284 g/mol. The molecule has 0 aromatic heterocycles. The van der Waals surface area contributed by atoms with E-state index >= 15 is 0 Å². The second-order valence-corrected chi connectivity index (χ2v) is 6.00. The van der Waals surface area contributed by atoms with Gasteiger partial charge in [0.2, 0.25) is 0 Å². The summed E-state index contributed by atoms with van der Waals surface area (Å²) in [4.78, 5) is 2.41. The first-order chi connectivity index (χ1) is 8.98. The zero-order valence-corrected chi connectivity index (χ0v) is 12.4. The summed E-state index contributed by atoms with van der Waals surface area (Å²) in [6.45, 7) is 8.31. The number of halogens is 2. The van der Waals surface area contributed by atoms with Gasteiger partial charge in [-0.1, -0.05) is 23.7 Å². The maximum Gasteiger partial charge on any atom is 0.132 e. The largest absolute Gasteiger partial charge is 0.314 e. The second kappa shape index (κ2) is 6.21. The molecule has 2 nitrogen and oxygen atoms in total. The fraction of sp³-hybridized carbons (Fsp3) is 0.600. The van der Waals surface area contributed by atoms with Gasteiger partial charge in [0.1, 0.15) is 5.67 Å². The Morgan fingerprint density at radius 2 is 2.00 bits per heavy atom. The van der Waals surface area contributed by atoms with Crippen LogP contribution in [0.15, 0.2) is 18.2 Å². The summed E-state index contributed by atoms with van der Waals surface area (Å²) in [5.74, 6) is 0. The van der Waals surface area contributed by atoms with Crippen molar-refractivity contribution in [3.8, 4) is 0 Å². The molecule has 4 heteroatoms. The van der Waals surface area contributed by atoms with Crippen molar-refractivity contribution in [1.82, 2.24) is 10.2 Å². The molecule has 0 unspecified atom stereocenters. The zero-order chi connectivity index (χ0) is 13.9. The molecule has 1 aliphatic heterocycles. The number of nitrogens with one attached hydrogen (secondary N) is 1. The van der Waals surface area contributed by atoms with Crippen LogP contribution in [0.25, 0.3) is 0 Å². The molecule has 0 radical (unpaired) electrons. The van der Waals surface area contributed by atoms with Crippen molar-refractivity contribution in [2.75, 3.05) is 32.7 Å². The molecule has 1 saturated heterocycles. The Labute approximate surface area is 119 Å². The number of alkyl halides is 1. The summed E-state index contributed by atoms with van der Waals surface area (Å²) in [6, 6.07) is 5.67. The summed E-state index contributed by atoms with van der Waals surface area (Å²) >= 11 is 6.17. The zero-order valence-electron chi connectivity index (χ0n) is 11.7. The number of hydrogen-bond donors (Lipinski definition) is 1. The standard InChI is InChI=1S/C15H22ClFN2/c1-15(2,17)14-12(4-3-5-13(14)16)6-9-19-10-7-18-8-11-19/h3-5,18H,6-11H2,1-2H3. The minimum absolute atomic E-state index is 0.533. The number of benzene rings is 1. The average Bonchev–Trinajstić information content (AvgIpc) is 2.36. The normalized spacial score (nSPS) is 17.7. The maximum absolute atomic E-state index is 14.3. The molecule has 1 aromatic carbocycles. The fourth-order valence-electron chi connectivity index (χ4n) is 2.66. The van der Waals surface area contributed by atoms with E-state index < -0.39 is 5.67 Å². The van der Waals surface area contributed by atoms with Gasteiger partial charge in [-0.05, 0) is 31.9 Å². The SMILES string of the molecule is CC(C)(F)c1c(Cl)cccc1CCN1CCNCC1. The third kappa shape index (κ3) is 3.91. The summed E-state index contributed by atoms with van der Waals surface area (Å²) in [5.41, 5.74) is 0.280. The van der Waals surface area contributed by atoms with Crippen molar-refractivity contribution in [2.45, 2.75) is 25.9 Å². The Bertz CT molecular complexity index is 423. The Morgan fingerprint density at radius 1 is 1.32 bits per heavy atom. The molecular formula is C15H22ClFN2. The summed E-state index contributed by atoms with van der Waals surface area (Å²) in [7, 11) is 0. The average molecular weight is 285 g/mol. The van der Waals surface area contributed by atoms with Crippen LogP contribution in [0, 0.1) is 0 Å². The van der Waals surface area contributed by atoms with E-state index in [0.29, 0.717) is 10.6 Å². The molecule has 19 heavy (non-hydrogen) atoms. The molecule has 1 aromatic rings. The van der Waals surface area contributed by atoms with Crippen molar-refractivity contribution in [2.24, 2.45) is 0 Å². The third-order valence-corrected chi connectivity index (χ3v) is 3.92. The molecule has 106 valence electrons. The highest BCUT2D eigenvalue weighted by atomic mass is 35.5. The minimum atomic E-state index is -1.39. The third-order valence-electron chi connectivity index (χ3n) is 3.60. The van der Waals surface area contributed by atoms with Gasteiger partial charge in [0.25, 0.3) is 0 Å². The molecular weight excluding hydrogens is 263 g/mol. The first kappa shape index (κ1) is 14.8. The van der Waals surface area contributed by atoms with Crippen LogP contribution >= 0.6 is 11.6 Å². The van der Waals surface area contributed by atoms with Crippen LogP contribution in [0.4, 0.5) is 4.39 Å². The van der Waals surface area contributed by atoms with Crippen molar-refractivity contribution in [3.05, 3.63) is 34.3 Å². The Hall–Kier alpha value is -0.640. The molecule has 2 rings (SSSR count). The van der Waals surface area contributed by atoms with E-state index in [2.05, 4.69) is 10.2 Å². The van der Waals surface area contributed by atoms with Gasteiger partial charge < -0.3 is 10.2 Å². The smallest absolute Gasteiger partial charge is 0.132 e. The van der Waals surface area contributed by atoms with E-state index in [1.54, 1.807) is 19.9 Å². The Morgan fingerprint density at radius 3 is 2.63 bits per heavy atom. The van der Waals surface area contributed by atoms with Crippen molar-refractivity contribution in [1.29, 1.82) is 0 Å². The van der Waals surface area contributed by atoms with Gasteiger partial charge in [-0.3, -0.25) is 0 Å².